The summed E-state index contributed by atoms with van der Waals surface area (Å²) in [5.41, 5.74) is 0.551. The van der Waals surface area contributed by atoms with Crippen LogP contribution in [0, 0.1) is 0 Å². The number of benzene rings is 2. The Bertz CT molecular complexity index is 604. The Balaban J connectivity index is 1.87. The summed E-state index contributed by atoms with van der Waals surface area (Å²) in [6.07, 6.45) is 1.96. The summed E-state index contributed by atoms with van der Waals surface area (Å²) in [7, 11) is 0. The van der Waals surface area contributed by atoms with Crippen LogP contribution in [0.3, 0.4) is 0 Å². The molecule has 0 radical (unpaired) electrons. The highest BCUT2D eigenvalue weighted by Gasteiger charge is 2.43. The second-order valence-corrected chi connectivity index (χ2v) is 5.20. The van der Waals surface area contributed by atoms with E-state index in [1.807, 2.05) is 42.5 Å². The van der Waals surface area contributed by atoms with Crippen LogP contribution >= 0.6 is 11.6 Å². The first-order valence-corrected chi connectivity index (χ1v) is 6.63. The van der Waals surface area contributed by atoms with E-state index in [1.165, 1.54) is 0 Å². The maximum atomic E-state index is 12.1. The molecule has 2 nitrogen and oxygen atoms in total. The van der Waals surface area contributed by atoms with Crippen LogP contribution in [0.25, 0.3) is 10.8 Å². The Morgan fingerprint density at radius 2 is 1.89 bits per heavy atom. The molecule has 3 heteroatoms. The highest BCUT2D eigenvalue weighted by Crippen LogP contribution is 2.36. The monoisotopic (exact) mass is 259 g/mol. The molecule has 0 heterocycles. The van der Waals surface area contributed by atoms with E-state index in [0.29, 0.717) is 11.4 Å². The maximum absolute atomic E-state index is 12.1. The average molecular weight is 260 g/mol. The molecule has 0 aliphatic heterocycles. The maximum Gasteiger partial charge on any atom is 0.251 e. The summed E-state index contributed by atoms with van der Waals surface area (Å²) >= 11 is 5.87. The number of nitrogens with one attached hydrogen (secondary N) is 1. The number of alkyl halides is 1. The zero-order valence-corrected chi connectivity index (χ0v) is 10.7. The Kier molecular flexibility index (Phi) is 2.75. The van der Waals surface area contributed by atoms with Gasteiger partial charge in [-0.2, -0.15) is 0 Å². The van der Waals surface area contributed by atoms with Crippen LogP contribution < -0.4 is 5.32 Å². The molecular formula is C15H14ClNO. The predicted molar refractivity (Wildman–Crippen MR) is 74.1 cm³/mol. The molecule has 1 aliphatic rings. The van der Waals surface area contributed by atoms with Gasteiger partial charge in [-0.1, -0.05) is 30.3 Å². The van der Waals surface area contributed by atoms with E-state index in [9.17, 15) is 4.79 Å². The minimum absolute atomic E-state index is 0.0288. The molecule has 18 heavy (non-hydrogen) atoms. The summed E-state index contributed by atoms with van der Waals surface area (Å²) in [5.74, 6) is 0.464. The van der Waals surface area contributed by atoms with Crippen molar-refractivity contribution >= 4 is 28.3 Å². The van der Waals surface area contributed by atoms with Gasteiger partial charge in [-0.15, -0.1) is 11.6 Å². The van der Waals surface area contributed by atoms with Gasteiger partial charge in [0, 0.05) is 11.4 Å². The SMILES string of the molecule is O=C(NC1(CCl)CC1)c1ccc2ccccc2c1. The molecular weight excluding hydrogens is 246 g/mol. The van der Waals surface area contributed by atoms with E-state index in [-0.39, 0.29) is 11.4 Å². The Morgan fingerprint density at radius 3 is 2.56 bits per heavy atom. The molecule has 92 valence electrons. The van der Waals surface area contributed by atoms with Crippen LogP contribution in [-0.4, -0.2) is 17.3 Å². The zero-order valence-electron chi connectivity index (χ0n) is 9.95. The molecule has 2 aromatic carbocycles. The lowest BCUT2D eigenvalue weighted by atomic mass is 10.1. The van der Waals surface area contributed by atoms with Crippen molar-refractivity contribution < 1.29 is 4.79 Å². The van der Waals surface area contributed by atoms with E-state index in [4.69, 9.17) is 11.6 Å². The van der Waals surface area contributed by atoms with Crippen molar-refractivity contribution in [2.24, 2.45) is 0 Å². The fourth-order valence-corrected chi connectivity index (χ4v) is 2.42. The van der Waals surface area contributed by atoms with E-state index < -0.39 is 0 Å². The molecule has 1 fully saturated rings. The van der Waals surface area contributed by atoms with Gasteiger partial charge in [-0.05, 0) is 35.7 Å². The summed E-state index contributed by atoms with van der Waals surface area (Å²) in [5, 5.41) is 5.26. The Morgan fingerprint density at radius 1 is 1.17 bits per heavy atom. The van der Waals surface area contributed by atoms with Gasteiger partial charge in [0.15, 0.2) is 0 Å². The molecule has 0 bridgehead atoms. The van der Waals surface area contributed by atoms with E-state index in [2.05, 4.69) is 5.32 Å². The van der Waals surface area contributed by atoms with Gasteiger partial charge in [-0.25, -0.2) is 0 Å². The number of halogens is 1. The topological polar surface area (TPSA) is 29.1 Å². The van der Waals surface area contributed by atoms with Gasteiger partial charge in [0.05, 0.1) is 5.54 Å². The number of hydrogen-bond donors (Lipinski definition) is 1. The number of hydrogen-bond acceptors (Lipinski definition) is 1. The molecule has 3 rings (SSSR count). The van der Waals surface area contributed by atoms with Crippen molar-refractivity contribution in [3.63, 3.8) is 0 Å². The lowest BCUT2D eigenvalue weighted by molar-refractivity contribution is 0.0936. The summed E-state index contributed by atoms with van der Waals surface area (Å²) < 4.78 is 0. The predicted octanol–water partition coefficient (Wildman–Crippen LogP) is 3.34. The second kappa shape index (κ2) is 4.29. The zero-order chi connectivity index (χ0) is 12.6. The van der Waals surface area contributed by atoms with Crippen LogP contribution in [-0.2, 0) is 0 Å². The highest BCUT2D eigenvalue weighted by molar-refractivity contribution is 6.19. The normalized spacial score (nSPS) is 16.5. The Labute approximate surface area is 111 Å². The summed E-state index contributed by atoms with van der Waals surface area (Å²) in [4.78, 5) is 12.1. The van der Waals surface area contributed by atoms with Crippen molar-refractivity contribution in [3.8, 4) is 0 Å². The minimum Gasteiger partial charge on any atom is -0.345 e. The first-order chi connectivity index (χ1) is 8.72. The fraction of sp³-hybridized carbons (Fsp3) is 0.267. The standard InChI is InChI=1S/C15H14ClNO/c16-10-15(7-8-15)17-14(18)13-6-5-11-3-1-2-4-12(11)9-13/h1-6,9H,7-8,10H2,(H,17,18). The second-order valence-electron chi connectivity index (χ2n) is 4.93. The quantitative estimate of drug-likeness (QED) is 0.842. The fourth-order valence-electron chi connectivity index (χ4n) is 2.09. The molecule has 1 saturated carbocycles. The highest BCUT2D eigenvalue weighted by atomic mass is 35.5. The molecule has 0 aromatic heterocycles. The lowest BCUT2D eigenvalue weighted by Crippen LogP contribution is -2.38. The molecule has 1 N–H and O–H groups in total. The van der Waals surface area contributed by atoms with Crippen LogP contribution in [0.15, 0.2) is 42.5 Å². The van der Waals surface area contributed by atoms with Crippen molar-refractivity contribution in [1.82, 2.24) is 5.32 Å². The largest absolute Gasteiger partial charge is 0.345 e. The molecule has 0 atom stereocenters. The first-order valence-electron chi connectivity index (χ1n) is 6.10. The van der Waals surface area contributed by atoms with Crippen molar-refractivity contribution in [1.29, 1.82) is 0 Å². The molecule has 0 spiro atoms. The van der Waals surface area contributed by atoms with Gasteiger partial charge in [-0.3, -0.25) is 4.79 Å². The third-order valence-corrected chi connectivity index (χ3v) is 4.01. The summed E-state index contributed by atoms with van der Waals surface area (Å²) in [6.45, 7) is 0. The average Bonchev–Trinajstić information content (AvgIpc) is 3.18. The van der Waals surface area contributed by atoms with Crippen LogP contribution in [0.1, 0.15) is 23.2 Å². The van der Waals surface area contributed by atoms with Gasteiger partial charge in [0.1, 0.15) is 0 Å². The number of amides is 1. The molecule has 1 aliphatic carbocycles. The number of carbonyl (C=O) groups is 1. The van der Waals surface area contributed by atoms with Crippen LogP contribution in [0.2, 0.25) is 0 Å². The number of carbonyl (C=O) groups excluding carboxylic acids is 1. The van der Waals surface area contributed by atoms with Crippen molar-refractivity contribution in [2.45, 2.75) is 18.4 Å². The van der Waals surface area contributed by atoms with Gasteiger partial charge < -0.3 is 5.32 Å². The molecule has 0 saturated heterocycles. The minimum atomic E-state index is -0.149. The summed E-state index contributed by atoms with van der Waals surface area (Å²) in [6, 6.07) is 13.8. The number of fused-ring (bicyclic) bond motifs is 1. The van der Waals surface area contributed by atoms with Crippen LogP contribution in [0.4, 0.5) is 0 Å². The van der Waals surface area contributed by atoms with Crippen molar-refractivity contribution in [2.75, 3.05) is 5.88 Å². The van der Waals surface area contributed by atoms with Crippen LogP contribution in [0.5, 0.6) is 0 Å². The van der Waals surface area contributed by atoms with E-state index in [0.717, 1.165) is 23.6 Å². The smallest absolute Gasteiger partial charge is 0.251 e. The van der Waals surface area contributed by atoms with Crippen molar-refractivity contribution in [3.05, 3.63) is 48.0 Å². The molecule has 1 amide bonds. The lowest BCUT2D eigenvalue weighted by Gasteiger charge is -2.14. The molecule has 0 unspecified atom stereocenters. The Hall–Kier alpha value is -1.54. The first kappa shape index (κ1) is 11.5. The van der Waals surface area contributed by atoms with Gasteiger partial charge in [0.2, 0.25) is 0 Å². The number of rotatable bonds is 3. The van der Waals surface area contributed by atoms with E-state index >= 15 is 0 Å². The van der Waals surface area contributed by atoms with Gasteiger partial charge in [0.25, 0.3) is 5.91 Å². The third kappa shape index (κ3) is 2.08. The molecule has 2 aromatic rings. The van der Waals surface area contributed by atoms with Gasteiger partial charge >= 0.3 is 0 Å². The third-order valence-electron chi connectivity index (χ3n) is 3.50. The van der Waals surface area contributed by atoms with E-state index in [1.54, 1.807) is 0 Å².